The Labute approximate surface area is 160 Å². The molecule has 0 aliphatic heterocycles. The van der Waals surface area contributed by atoms with E-state index in [1.54, 1.807) is 37.3 Å². The van der Waals surface area contributed by atoms with E-state index in [9.17, 15) is 18.3 Å². The van der Waals surface area contributed by atoms with Gasteiger partial charge in [0.15, 0.2) is 5.75 Å². The van der Waals surface area contributed by atoms with Gasteiger partial charge in [-0.3, -0.25) is 0 Å². The molecule has 4 N–H and O–H groups in total. The molecular formula is C17H18B2N2O5S. The molecule has 0 atom stereocenters. The fraction of sp³-hybridized carbons (Fsp3) is 0.235. The second-order valence-corrected chi connectivity index (χ2v) is 7.83. The van der Waals surface area contributed by atoms with Gasteiger partial charge < -0.3 is 15.2 Å². The van der Waals surface area contributed by atoms with E-state index in [4.69, 9.17) is 25.6 Å². The molecule has 0 aliphatic carbocycles. The van der Waals surface area contributed by atoms with Crippen LogP contribution in [0.3, 0.4) is 0 Å². The first-order chi connectivity index (χ1) is 12.5. The van der Waals surface area contributed by atoms with Gasteiger partial charge in [-0.1, -0.05) is 25.1 Å². The molecule has 0 saturated heterocycles. The topological polar surface area (TPSA) is 119 Å². The van der Waals surface area contributed by atoms with Crippen LogP contribution in [-0.2, 0) is 10.0 Å². The Balaban J connectivity index is 2.55. The number of hydrogen-bond donors (Lipinski definition) is 3. The summed E-state index contributed by atoms with van der Waals surface area (Å²) >= 11 is 0. The van der Waals surface area contributed by atoms with E-state index in [1.807, 2.05) is 0 Å². The highest BCUT2D eigenvalue weighted by Gasteiger charge is 2.23. The molecule has 27 heavy (non-hydrogen) atoms. The van der Waals surface area contributed by atoms with Crippen LogP contribution in [0.5, 0.6) is 11.5 Å². The molecular weight excluding hydrogens is 366 g/mol. The molecule has 2 aromatic rings. The number of hydrogen-bond acceptors (Lipinski definition) is 5. The van der Waals surface area contributed by atoms with E-state index in [0.29, 0.717) is 12.2 Å². The van der Waals surface area contributed by atoms with Crippen molar-refractivity contribution in [2.24, 2.45) is 5.14 Å². The molecule has 2 rings (SSSR count). The van der Waals surface area contributed by atoms with E-state index < -0.39 is 26.1 Å². The first kappa shape index (κ1) is 20.9. The summed E-state index contributed by atoms with van der Waals surface area (Å²) in [5.41, 5.74) is -0.114. The van der Waals surface area contributed by atoms with Crippen LogP contribution >= 0.6 is 0 Å². The van der Waals surface area contributed by atoms with Gasteiger partial charge in [0.05, 0.1) is 26.9 Å². The average molecular weight is 384 g/mol. The molecule has 0 spiro atoms. The summed E-state index contributed by atoms with van der Waals surface area (Å²) in [6, 6.07) is 10.6. The van der Waals surface area contributed by atoms with E-state index in [1.165, 1.54) is 6.07 Å². The standard InChI is InChI=1S/C17H18B2N2O5S/c1-17(18,19)7-8-21-13-9-11(16(22)23)10-14(27(20,24)25)15(13)26-12-5-3-2-4-6-12/h2-6,9-10,21H,7-8H2,1H3,(H,22,23)(H2,20,24,25). The molecule has 0 bridgehead atoms. The Kier molecular flexibility index (Phi) is 6.22. The number of carboxylic acid groups (broad SMARTS) is 1. The van der Waals surface area contributed by atoms with Crippen LogP contribution in [0.4, 0.5) is 5.69 Å². The largest absolute Gasteiger partial charge is 0.478 e. The number of carboxylic acids is 1. The van der Waals surface area contributed by atoms with Gasteiger partial charge in [-0.15, -0.1) is 5.21 Å². The average Bonchev–Trinajstić information content (AvgIpc) is 2.54. The number of nitrogens with two attached hydrogens (primary N) is 1. The second-order valence-electron chi connectivity index (χ2n) is 6.30. The third kappa shape index (κ3) is 6.04. The summed E-state index contributed by atoms with van der Waals surface area (Å²) in [6.07, 6.45) is 0.333. The second kappa shape index (κ2) is 8.06. The van der Waals surface area contributed by atoms with Gasteiger partial charge in [0.25, 0.3) is 0 Å². The van der Waals surface area contributed by atoms with Crippen molar-refractivity contribution in [1.82, 2.24) is 0 Å². The molecule has 7 nitrogen and oxygen atoms in total. The molecule has 138 valence electrons. The Morgan fingerprint density at radius 1 is 1.26 bits per heavy atom. The summed E-state index contributed by atoms with van der Waals surface area (Å²) in [5.74, 6) is -1.06. The van der Waals surface area contributed by atoms with Crippen molar-refractivity contribution in [3.05, 3.63) is 48.0 Å². The highest BCUT2D eigenvalue weighted by atomic mass is 32.2. The number of anilines is 1. The quantitative estimate of drug-likeness (QED) is 0.600. The molecule has 0 fully saturated rings. The molecule has 4 radical (unpaired) electrons. The molecule has 2 aromatic carbocycles. The van der Waals surface area contributed by atoms with Crippen LogP contribution in [0.15, 0.2) is 47.4 Å². The van der Waals surface area contributed by atoms with Crippen molar-refractivity contribution in [3.63, 3.8) is 0 Å². The highest BCUT2D eigenvalue weighted by molar-refractivity contribution is 7.89. The third-order valence-corrected chi connectivity index (χ3v) is 4.47. The lowest BCUT2D eigenvalue weighted by Crippen LogP contribution is -2.18. The zero-order valence-corrected chi connectivity index (χ0v) is 15.5. The summed E-state index contributed by atoms with van der Waals surface area (Å²) in [6.45, 7) is 1.88. The first-order valence-corrected chi connectivity index (χ1v) is 9.51. The lowest BCUT2D eigenvalue weighted by molar-refractivity contribution is 0.0696. The predicted octanol–water partition coefficient (Wildman–Crippen LogP) is 2.10. The number of ether oxygens (including phenoxy) is 1. The molecule has 0 unspecified atom stereocenters. The Morgan fingerprint density at radius 2 is 1.89 bits per heavy atom. The van der Waals surface area contributed by atoms with Crippen LogP contribution in [0, 0.1) is 0 Å². The molecule has 0 aliphatic rings. The number of primary sulfonamides is 1. The molecule has 0 aromatic heterocycles. The maximum atomic E-state index is 12.0. The van der Waals surface area contributed by atoms with Crippen LogP contribution in [0.2, 0.25) is 5.21 Å². The van der Waals surface area contributed by atoms with Crippen molar-refractivity contribution < 1.29 is 23.1 Å². The van der Waals surface area contributed by atoms with Gasteiger partial charge in [-0.05, 0) is 30.7 Å². The van der Waals surface area contributed by atoms with E-state index in [2.05, 4.69) is 5.32 Å². The Bertz CT molecular complexity index is 928. The van der Waals surface area contributed by atoms with Gasteiger partial charge in [0, 0.05) is 6.54 Å². The number of nitrogens with one attached hydrogen (secondary N) is 1. The third-order valence-electron chi connectivity index (χ3n) is 3.55. The summed E-state index contributed by atoms with van der Waals surface area (Å²) < 4.78 is 29.8. The molecule has 10 heteroatoms. The minimum absolute atomic E-state index is 0.107. The van der Waals surface area contributed by atoms with Gasteiger partial charge in [-0.25, -0.2) is 18.4 Å². The monoisotopic (exact) mass is 384 g/mol. The number of para-hydroxylation sites is 1. The van der Waals surface area contributed by atoms with E-state index in [-0.39, 0.29) is 23.5 Å². The van der Waals surface area contributed by atoms with Crippen LogP contribution < -0.4 is 15.2 Å². The van der Waals surface area contributed by atoms with Crippen molar-refractivity contribution in [1.29, 1.82) is 0 Å². The number of sulfonamides is 1. The van der Waals surface area contributed by atoms with Crippen molar-refractivity contribution in [2.45, 2.75) is 23.5 Å². The lowest BCUT2D eigenvalue weighted by Gasteiger charge is -2.21. The lowest BCUT2D eigenvalue weighted by atomic mass is 9.54. The van der Waals surface area contributed by atoms with Crippen LogP contribution in [0.25, 0.3) is 0 Å². The zero-order chi connectivity index (χ0) is 20.2. The molecule has 0 amide bonds. The first-order valence-electron chi connectivity index (χ1n) is 7.96. The number of benzene rings is 2. The molecule has 0 saturated carbocycles. The smallest absolute Gasteiger partial charge is 0.335 e. The highest BCUT2D eigenvalue weighted by Crippen LogP contribution is 2.37. The zero-order valence-electron chi connectivity index (χ0n) is 14.7. The van der Waals surface area contributed by atoms with Crippen molar-refractivity contribution in [2.75, 3.05) is 11.9 Å². The van der Waals surface area contributed by atoms with Crippen molar-refractivity contribution in [3.8, 4) is 11.5 Å². The normalized spacial score (nSPS) is 11.8. The predicted molar refractivity (Wildman–Crippen MR) is 104 cm³/mol. The van der Waals surface area contributed by atoms with Gasteiger partial charge in [-0.2, -0.15) is 0 Å². The van der Waals surface area contributed by atoms with Crippen LogP contribution in [-0.4, -0.2) is 41.7 Å². The fourth-order valence-corrected chi connectivity index (χ4v) is 2.95. The van der Waals surface area contributed by atoms with E-state index in [0.717, 1.165) is 6.07 Å². The summed E-state index contributed by atoms with van der Waals surface area (Å²) in [5, 5.41) is 16.5. The number of carbonyl (C=O) groups is 1. The van der Waals surface area contributed by atoms with E-state index >= 15 is 0 Å². The van der Waals surface area contributed by atoms with Gasteiger partial charge in [0.1, 0.15) is 10.6 Å². The maximum absolute atomic E-state index is 12.0. The van der Waals surface area contributed by atoms with Crippen LogP contribution in [0.1, 0.15) is 23.7 Å². The van der Waals surface area contributed by atoms with Crippen molar-refractivity contribution >= 4 is 37.4 Å². The van der Waals surface area contributed by atoms with Gasteiger partial charge in [0.2, 0.25) is 10.0 Å². The Hall–Kier alpha value is -2.45. The fourth-order valence-electron chi connectivity index (χ4n) is 2.25. The maximum Gasteiger partial charge on any atom is 0.335 e. The summed E-state index contributed by atoms with van der Waals surface area (Å²) in [4.78, 5) is 10.9. The number of aromatic carboxylic acids is 1. The Morgan fingerprint density at radius 3 is 2.41 bits per heavy atom. The molecule has 0 heterocycles. The minimum atomic E-state index is -4.26. The SMILES string of the molecule is [B]C([B])(C)CCNc1cc(C(=O)O)cc(S(N)(=O)=O)c1Oc1ccccc1. The minimum Gasteiger partial charge on any atom is -0.478 e. The summed E-state index contributed by atoms with van der Waals surface area (Å²) in [7, 11) is 7.21. The van der Waals surface area contributed by atoms with Gasteiger partial charge >= 0.3 is 5.97 Å². The number of rotatable bonds is 8.